The van der Waals surface area contributed by atoms with E-state index in [0.29, 0.717) is 18.7 Å². The van der Waals surface area contributed by atoms with Gasteiger partial charge >= 0.3 is 0 Å². The van der Waals surface area contributed by atoms with Crippen LogP contribution in [0.2, 0.25) is 0 Å². The number of carbonyl (C=O) groups excluding carboxylic acids is 1. The number of hydrogen-bond donors (Lipinski definition) is 1. The first-order chi connectivity index (χ1) is 11.0. The summed E-state index contributed by atoms with van der Waals surface area (Å²) >= 11 is 0. The molecule has 0 aliphatic carbocycles. The van der Waals surface area contributed by atoms with E-state index in [-0.39, 0.29) is 30.2 Å². The predicted octanol–water partition coefficient (Wildman–Crippen LogP) is 1.41. The molecule has 1 heterocycles. The van der Waals surface area contributed by atoms with Gasteiger partial charge in [-0.3, -0.25) is 4.79 Å². The Morgan fingerprint density at radius 1 is 1.43 bits per heavy atom. The van der Waals surface area contributed by atoms with Gasteiger partial charge in [0.05, 0.1) is 6.10 Å². The summed E-state index contributed by atoms with van der Waals surface area (Å²) in [5, 5.41) is 14.4. The van der Waals surface area contributed by atoms with Crippen LogP contribution in [0.5, 0.6) is 0 Å². The molecule has 7 nitrogen and oxygen atoms in total. The van der Waals surface area contributed by atoms with Gasteiger partial charge in [0.15, 0.2) is 0 Å². The number of benzene rings is 1. The van der Waals surface area contributed by atoms with Crippen LogP contribution in [0, 0.1) is 5.82 Å². The maximum absolute atomic E-state index is 13.2. The van der Waals surface area contributed by atoms with E-state index in [9.17, 15) is 9.18 Å². The lowest BCUT2D eigenvalue weighted by Gasteiger charge is -2.07. The van der Waals surface area contributed by atoms with Crippen molar-refractivity contribution in [1.29, 1.82) is 0 Å². The summed E-state index contributed by atoms with van der Waals surface area (Å²) in [6, 6.07) is 5.90. The number of aromatic nitrogens is 4. The Morgan fingerprint density at radius 3 is 3.00 bits per heavy atom. The van der Waals surface area contributed by atoms with Gasteiger partial charge in [0.1, 0.15) is 12.4 Å². The van der Waals surface area contributed by atoms with Crippen LogP contribution < -0.4 is 5.32 Å². The predicted molar refractivity (Wildman–Crippen MR) is 81.9 cm³/mol. The minimum Gasteiger partial charge on any atom is -0.379 e. The lowest BCUT2D eigenvalue weighted by Crippen LogP contribution is -2.30. The lowest BCUT2D eigenvalue weighted by molar-refractivity contribution is -0.122. The van der Waals surface area contributed by atoms with Gasteiger partial charge < -0.3 is 10.1 Å². The Kier molecular flexibility index (Phi) is 6.16. The summed E-state index contributed by atoms with van der Waals surface area (Å²) in [5.41, 5.74) is 0.516. The minimum absolute atomic E-state index is 0.0344. The number of ether oxygens (including phenoxy) is 1. The molecular formula is C15H20FN5O2. The van der Waals surface area contributed by atoms with Crippen molar-refractivity contribution in [2.45, 2.75) is 32.9 Å². The molecule has 0 spiro atoms. The topological polar surface area (TPSA) is 81.9 Å². The van der Waals surface area contributed by atoms with E-state index in [4.69, 9.17) is 4.74 Å². The molecule has 0 aliphatic rings. The van der Waals surface area contributed by atoms with E-state index in [0.717, 1.165) is 6.42 Å². The van der Waals surface area contributed by atoms with Crippen LogP contribution in [0.15, 0.2) is 24.3 Å². The van der Waals surface area contributed by atoms with Gasteiger partial charge in [-0.05, 0) is 37.6 Å². The molecule has 0 saturated heterocycles. The third kappa shape index (κ3) is 5.74. The third-order valence-corrected chi connectivity index (χ3v) is 2.92. The van der Waals surface area contributed by atoms with Crippen molar-refractivity contribution < 1.29 is 13.9 Å². The second-order valence-electron chi connectivity index (χ2n) is 5.28. The zero-order valence-corrected chi connectivity index (χ0v) is 13.2. The molecule has 2 aromatic rings. The third-order valence-electron chi connectivity index (χ3n) is 2.92. The molecule has 1 aromatic heterocycles. The number of nitrogens with one attached hydrogen (secondary N) is 1. The molecule has 0 atom stereocenters. The zero-order chi connectivity index (χ0) is 16.7. The van der Waals surface area contributed by atoms with Gasteiger partial charge in [0.25, 0.3) is 0 Å². The highest BCUT2D eigenvalue weighted by atomic mass is 19.1. The van der Waals surface area contributed by atoms with E-state index in [1.807, 2.05) is 13.8 Å². The van der Waals surface area contributed by atoms with Crippen LogP contribution in [-0.2, 0) is 16.1 Å². The van der Waals surface area contributed by atoms with Crippen molar-refractivity contribution in [3.05, 3.63) is 30.1 Å². The standard InChI is InChI=1S/C15H20FN5O2/c1-11(2)23-8-4-7-17-14(22)10-21-19-15(18-20-21)12-5-3-6-13(16)9-12/h3,5-6,9,11H,4,7-8,10H2,1-2H3,(H,17,22). The van der Waals surface area contributed by atoms with Crippen molar-refractivity contribution in [3.8, 4) is 11.4 Å². The van der Waals surface area contributed by atoms with E-state index >= 15 is 0 Å². The lowest BCUT2D eigenvalue weighted by atomic mass is 10.2. The number of tetrazole rings is 1. The molecule has 2 rings (SSSR count). The summed E-state index contributed by atoms with van der Waals surface area (Å²) < 4.78 is 18.5. The highest BCUT2D eigenvalue weighted by Crippen LogP contribution is 2.14. The monoisotopic (exact) mass is 321 g/mol. The van der Waals surface area contributed by atoms with E-state index in [2.05, 4.69) is 20.7 Å². The Balaban J connectivity index is 1.79. The maximum Gasteiger partial charge on any atom is 0.243 e. The average molecular weight is 321 g/mol. The molecule has 0 bridgehead atoms. The molecular weight excluding hydrogens is 301 g/mol. The largest absolute Gasteiger partial charge is 0.379 e. The molecule has 0 aliphatic heterocycles. The fourth-order valence-corrected chi connectivity index (χ4v) is 1.86. The van der Waals surface area contributed by atoms with Crippen LogP contribution in [0.1, 0.15) is 20.3 Å². The Hall–Kier alpha value is -2.35. The van der Waals surface area contributed by atoms with Crippen LogP contribution in [0.4, 0.5) is 4.39 Å². The Bertz CT molecular complexity index is 644. The average Bonchev–Trinajstić information content (AvgIpc) is 2.95. The SMILES string of the molecule is CC(C)OCCCNC(=O)Cn1nnc(-c2cccc(F)c2)n1. The highest BCUT2D eigenvalue weighted by molar-refractivity contribution is 5.75. The molecule has 23 heavy (non-hydrogen) atoms. The maximum atomic E-state index is 13.2. The van der Waals surface area contributed by atoms with E-state index in [1.165, 1.54) is 16.9 Å². The number of rotatable bonds is 8. The van der Waals surface area contributed by atoms with Gasteiger partial charge in [0.2, 0.25) is 11.7 Å². The highest BCUT2D eigenvalue weighted by Gasteiger charge is 2.09. The molecule has 1 aromatic carbocycles. The van der Waals surface area contributed by atoms with Crippen LogP contribution >= 0.6 is 0 Å². The summed E-state index contributed by atoms with van der Waals surface area (Å²) in [6.07, 6.45) is 0.926. The van der Waals surface area contributed by atoms with Crippen molar-refractivity contribution >= 4 is 5.91 Å². The number of hydrogen-bond acceptors (Lipinski definition) is 5. The van der Waals surface area contributed by atoms with Gasteiger partial charge in [-0.2, -0.15) is 4.80 Å². The molecule has 124 valence electrons. The van der Waals surface area contributed by atoms with Crippen LogP contribution in [0.3, 0.4) is 0 Å². The molecule has 0 saturated carbocycles. The zero-order valence-electron chi connectivity index (χ0n) is 13.2. The first kappa shape index (κ1) is 17.0. The normalized spacial score (nSPS) is 11.0. The van der Waals surface area contributed by atoms with Crippen molar-refractivity contribution in [1.82, 2.24) is 25.5 Å². The minimum atomic E-state index is -0.375. The molecule has 8 heteroatoms. The fourth-order valence-electron chi connectivity index (χ4n) is 1.86. The van der Waals surface area contributed by atoms with E-state index < -0.39 is 0 Å². The molecule has 0 unspecified atom stereocenters. The quantitative estimate of drug-likeness (QED) is 0.743. The molecule has 1 amide bonds. The summed E-state index contributed by atoms with van der Waals surface area (Å²) in [7, 11) is 0. The first-order valence-corrected chi connectivity index (χ1v) is 7.46. The number of carbonyl (C=O) groups is 1. The van der Waals surface area contributed by atoms with Gasteiger partial charge in [-0.25, -0.2) is 4.39 Å². The Labute approximate surface area is 133 Å². The second kappa shape index (κ2) is 8.33. The molecule has 0 fully saturated rings. The Morgan fingerprint density at radius 2 is 2.26 bits per heavy atom. The number of halogens is 1. The fraction of sp³-hybridized carbons (Fsp3) is 0.467. The summed E-state index contributed by atoms with van der Waals surface area (Å²) in [5.74, 6) is -0.305. The van der Waals surface area contributed by atoms with Crippen LogP contribution in [0.25, 0.3) is 11.4 Å². The van der Waals surface area contributed by atoms with Crippen molar-refractivity contribution in [3.63, 3.8) is 0 Å². The molecule has 1 N–H and O–H groups in total. The second-order valence-corrected chi connectivity index (χ2v) is 5.28. The van der Waals surface area contributed by atoms with E-state index in [1.54, 1.807) is 12.1 Å². The van der Waals surface area contributed by atoms with Crippen molar-refractivity contribution in [2.24, 2.45) is 0 Å². The summed E-state index contributed by atoms with van der Waals surface area (Å²) in [6.45, 7) is 5.02. The first-order valence-electron chi connectivity index (χ1n) is 7.46. The smallest absolute Gasteiger partial charge is 0.243 e. The van der Waals surface area contributed by atoms with Crippen LogP contribution in [-0.4, -0.2) is 45.4 Å². The van der Waals surface area contributed by atoms with Gasteiger partial charge in [0, 0.05) is 18.7 Å². The van der Waals surface area contributed by atoms with Gasteiger partial charge in [-0.15, -0.1) is 10.2 Å². The molecule has 0 radical (unpaired) electrons. The van der Waals surface area contributed by atoms with Crippen molar-refractivity contribution in [2.75, 3.05) is 13.2 Å². The van der Waals surface area contributed by atoms with Gasteiger partial charge in [-0.1, -0.05) is 12.1 Å². The number of amides is 1. The number of nitrogens with zero attached hydrogens (tertiary/aromatic N) is 4. The summed E-state index contributed by atoms with van der Waals surface area (Å²) in [4.78, 5) is 12.9.